The van der Waals surface area contributed by atoms with Gasteiger partial charge in [0.2, 0.25) is 5.91 Å². The number of aliphatic hydroxyl groups is 5. The number of nitrogens with one attached hydrogen (secondary N) is 2. The number of ether oxygens (including phenoxy) is 11. The quantitative estimate of drug-likeness (QED) is 0.0102. The van der Waals surface area contributed by atoms with Gasteiger partial charge in [-0.2, -0.15) is 0 Å². The monoisotopic (exact) mass is 1030 g/mol. The van der Waals surface area contributed by atoms with Gasteiger partial charge in [0.05, 0.1) is 89.3 Å². The summed E-state index contributed by atoms with van der Waals surface area (Å²) in [6.45, 7) is 15.4. The summed E-state index contributed by atoms with van der Waals surface area (Å²) < 4.78 is 73.7. The molecule has 70 heavy (non-hydrogen) atoms. The van der Waals surface area contributed by atoms with Gasteiger partial charge in [-0.25, -0.2) is 9.59 Å². The summed E-state index contributed by atoms with van der Waals surface area (Å²) >= 11 is 0. The van der Waals surface area contributed by atoms with Gasteiger partial charge in [0, 0.05) is 25.9 Å². The van der Waals surface area contributed by atoms with Crippen molar-refractivity contribution in [3.05, 3.63) is 24.7 Å². The van der Waals surface area contributed by atoms with Crippen LogP contribution in [0.25, 0.3) is 0 Å². The number of hydrogen-bond donors (Lipinski definition) is 9. The lowest BCUT2D eigenvalue weighted by Gasteiger charge is -2.38. The van der Waals surface area contributed by atoms with Crippen molar-refractivity contribution in [3.63, 3.8) is 0 Å². The van der Waals surface area contributed by atoms with Crippen molar-refractivity contribution in [1.29, 1.82) is 0 Å². The lowest BCUT2D eigenvalue weighted by molar-refractivity contribution is -0.229. The smallest absolute Gasteiger partial charge is 0.372 e. The minimum absolute atomic E-state index is 0.00184. The molecule has 0 bridgehead atoms. The number of aliphatic hydroxyl groups excluding tert-OH is 4. The topological polar surface area (TPSA) is 353 Å². The highest BCUT2D eigenvalue weighted by Gasteiger charge is 2.51. The Hall–Kier alpha value is -3.37. The van der Waals surface area contributed by atoms with Crippen LogP contribution in [-0.4, -0.2) is 204 Å². The zero-order valence-electron chi connectivity index (χ0n) is 41.1. The predicted molar refractivity (Wildman–Crippen MR) is 244 cm³/mol. The highest BCUT2D eigenvalue weighted by atomic mass is 31.2. The van der Waals surface area contributed by atoms with E-state index in [-0.39, 0.29) is 111 Å². The molecule has 0 saturated carbocycles. The molecule has 0 aliphatic carbocycles. The molecule has 0 aromatic rings. The molecule has 10 unspecified atom stereocenters. The second-order valence-electron chi connectivity index (χ2n) is 17.7. The van der Waals surface area contributed by atoms with Crippen molar-refractivity contribution in [2.75, 3.05) is 92.4 Å². The van der Waals surface area contributed by atoms with Crippen LogP contribution >= 0.6 is 7.60 Å². The molecule has 2 heterocycles. The molecule has 10 atom stereocenters. The molecule has 2 saturated heterocycles. The maximum absolute atomic E-state index is 13.1. The number of hydrogen-bond acceptors (Lipinski definition) is 21. The van der Waals surface area contributed by atoms with Crippen LogP contribution in [0.5, 0.6) is 0 Å². The standard InChI is InChI=1S/C44H77N2O23P/c1-9-41(6,21-32-20-31(23-64-32)36(51)45-12-14-59-16-18-62-37(52)29(4)47)67-25-33(68-42(7,10-2)22-34(49)65-26-35(50)70(56,57)58)24-61-28-44(55,11-3)40-66-27-43(8,69-40)39(54)46-13-15-60-17-19-63-38(53)30(5)48/h31-35,40,47-50,55H,4-5,9-28H2,1-3,6-8H3,(H,45,51)(H,46,54)(H2,56,57,58). The van der Waals surface area contributed by atoms with Gasteiger partial charge in [-0.3, -0.25) is 14.2 Å². The molecule has 2 fully saturated rings. The number of rotatable bonds is 37. The van der Waals surface area contributed by atoms with E-state index in [0.717, 1.165) is 0 Å². The number of carbonyl (C=O) groups excluding carboxylic acids is 4. The Balaban J connectivity index is 2.06. The van der Waals surface area contributed by atoms with E-state index in [9.17, 15) is 48.8 Å². The Kier molecular flexibility index (Phi) is 26.9. The van der Waals surface area contributed by atoms with E-state index >= 15 is 0 Å². The van der Waals surface area contributed by atoms with Crippen LogP contribution in [0.2, 0.25) is 0 Å². The summed E-state index contributed by atoms with van der Waals surface area (Å²) in [5.41, 5.74) is -5.22. The van der Waals surface area contributed by atoms with E-state index in [2.05, 4.69) is 23.8 Å². The summed E-state index contributed by atoms with van der Waals surface area (Å²) in [5.74, 6) is -6.72. The fourth-order valence-corrected chi connectivity index (χ4v) is 7.11. The van der Waals surface area contributed by atoms with Gasteiger partial charge in [-0.15, -0.1) is 0 Å². The highest BCUT2D eigenvalue weighted by molar-refractivity contribution is 7.52. The molecule has 2 rings (SSSR count). The normalized spacial score (nSPS) is 23.2. The minimum Gasteiger partial charge on any atom is -0.502 e. The summed E-state index contributed by atoms with van der Waals surface area (Å²) in [4.78, 5) is 67.0. The van der Waals surface area contributed by atoms with E-state index in [1.807, 2.05) is 13.8 Å². The van der Waals surface area contributed by atoms with E-state index in [4.69, 9.17) is 62.3 Å². The third-order valence-electron chi connectivity index (χ3n) is 11.6. The van der Waals surface area contributed by atoms with Crippen LogP contribution in [0, 0.1) is 5.92 Å². The Morgan fingerprint density at radius 2 is 1.40 bits per heavy atom. The van der Waals surface area contributed by atoms with Crippen molar-refractivity contribution < 1.29 is 111 Å². The molecule has 25 nitrogen and oxygen atoms in total. The number of carbonyl (C=O) groups is 4. The zero-order chi connectivity index (χ0) is 52.8. The predicted octanol–water partition coefficient (Wildman–Crippen LogP) is 0.527. The first-order valence-electron chi connectivity index (χ1n) is 23.1. The van der Waals surface area contributed by atoms with Crippen LogP contribution in [0.3, 0.4) is 0 Å². The van der Waals surface area contributed by atoms with Gasteiger partial charge in [0.25, 0.3) is 5.91 Å². The molecule has 2 aliphatic heterocycles. The Morgan fingerprint density at radius 1 is 0.814 bits per heavy atom. The molecule has 406 valence electrons. The third kappa shape index (κ3) is 22.2. The van der Waals surface area contributed by atoms with Gasteiger partial charge < -0.3 is 98.1 Å². The molecular weight excluding hydrogens is 955 g/mol. The number of amides is 2. The lowest BCUT2D eigenvalue weighted by Crippen LogP contribution is -2.51. The van der Waals surface area contributed by atoms with E-state index < -0.39 is 96.4 Å². The first-order chi connectivity index (χ1) is 32.7. The zero-order valence-corrected chi connectivity index (χ0v) is 42.0. The minimum atomic E-state index is -4.90. The van der Waals surface area contributed by atoms with Crippen LogP contribution < -0.4 is 10.6 Å². The summed E-state index contributed by atoms with van der Waals surface area (Å²) in [7, 11) is -4.90. The fourth-order valence-electron chi connectivity index (χ4n) is 6.83. The van der Waals surface area contributed by atoms with Gasteiger partial charge in [-0.1, -0.05) is 20.8 Å². The third-order valence-corrected chi connectivity index (χ3v) is 12.6. The first kappa shape index (κ1) is 62.7. The van der Waals surface area contributed by atoms with Crippen molar-refractivity contribution in [3.8, 4) is 0 Å². The van der Waals surface area contributed by atoms with E-state index in [1.54, 1.807) is 20.8 Å². The Morgan fingerprint density at radius 3 is 1.94 bits per heavy atom. The van der Waals surface area contributed by atoms with Crippen molar-refractivity contribution >= 4 is 31.3 Å². The Bertz CT molecular complexity index is 1720. The summed E-state index contributed by atoms with van der Waals surface area (Å²) in [6, 6.07) is 0. The maximum atomic E-state index is 13.1. The second-order valence-corrected chi connectivity index (χ2v) is 19.5. The van der Waals surface area contributed by atoms with Gasteiger partial charge >= 0.3 is 19.5 Å². The molecule has 9 N–H and O–H groups in total. The number of esters is 2. The molecule has 2 amide bonds. The van der Waals surface area contributed by atoms with Crippen LogP contribution in [0.1, 0.15) is 80.1 Å². The Labute approximate surface area is 408 Å². The van der Waals surface area contributed by atoms with Crippen LogP contribution in [-0.2, 0) is 75.8 Å². The lowest BCUT2D eigenvalue weighted by atomic mass is 9.92. The fraction of sp³-hybridized carbons (Fsp3) is 0.818. The van der Waals surface area contributed by atoms with Gasteiger partial charge in [-0.05, 0) is 59.6 Å². The SMILES string of the molecule is C=C(O)C(=O)OCCOCCNC(=O)C1COC(CC(C)(CC)OCC(COCC(O)(CC)C2OCC(C)(C(=O)NCCOCCOC(=O)C(=C)O)O2)OC(C)(CC)CC(O)OCC(O)P(=O)(O)O)C1. The van der Waals surface area contributed by atoms with Crippen LogP contribution in [0.15, 0.2) is 24.7 Å². The molecule has 0 spiro atoms. The molecule has 0 radical (unpaired) electrons. The van der Waals surface area contributed by atoms with Crippen molar-refractivity contribution in [2.45, 2.75) is 133 Å². The largest absolute Gasteiger partial charge is 0.502 e. The molecule has 26 heteroatoms. The summed E-state index contributed by atoms with van der Waals surface area (Å²) in [6.07, 6.45) is -2.63. The molecule has 0 aromatic carbocycles. The van der Waals surface area contributed by atoms with E-state index in [1.165, 1.54) is 6.92 Å². The molecule has 0 aromatic heterocycles. The second kappa shape index (κ2) is 30.0. The first-order valence-corrected chi connectivity index (χ1v) is 24.8. The van der Waals surface area contributed by atoms with Crippen molar-refractivity contribution in [1.82, 2.24) is 10.6 Å². The van der Waals surface area contributed by atoms with E-state index in [0.29, 0.717) is 25.7 Å². The molecule has 2 aliphatic rings. The van der Waals surface area contributed by atoms with Crippen molar-refractivity contribution in [2.24, 2.45) is 5.92 Å². The maximum Gasteiger partial charge on any atom is 0.372 e. The summed E-state index contributed by atoms with van der Waals surface area (Å²) in [5, 5.41) is 55.7. The van der Waals surface area contributed by atoms with Crippen LogP contribution in [0.4, 0.5) is 0 Å². The highest BCUT2D eigenvalue weighted by Crippen LogP contribution is 2.40. The average Bonchev–Trinajstić information content (AvgIpc) is 3.96. The van der Waals surface area contributed by atoms with Gasteiger partial charge in [0.15, 0.2) is 35.5 Å². The molecular formula is C44H77N2O23P. The average molecular weight is 1030 g/mol. The van der Waals surface area contributed by atoms with Gasteiger partial charge in [0.1, 0.15) is 24.9 Å².